The average molecular weight is 440 g/mol. The van der Waals surface area contributed by atoms with Crippen molar-refractivity contribution in [3.8, 4) is 0 Å². The average Bonchev–Trinajstić information content (AvgIpc) is 3.11. The van der Waals surface area contributed by atoms with Gasteiger partial charge in [0.1, 0.15) is 0 Å². The maximum Gasteiger partial charge on any atom is 0.409 e. The largest absolute Gasteiger partial charge is 0.453 e. The second kappa shape index (κ2) is 8.70. The van der Waals surface area contributed by atoms with Gasteiger partial charge in [-0.15, -0.1) is 0 Å². The lowest BCUT2D eigenvalue weighted by molar-refractivity contribution is -0.137. The number of carbonyl (C=O) groups is 2. The monoisotopic (exact) mass is 439 g/mol. The van der Waals surface area contributed by atoms with Gasteiger partial charge in [-0.25, -0.2) is 4.79 Å². The van der Waals surface area contributed by atoms with Crippen molar-refractivity contribution in [3.05, 3.63) is 33.8 Å². The summed E-state index contributed by atoms with van der Waals surface area (Å²) in [4.78, 5) is 32.0. The quantitative estimate of drug-likeness (QED) is 0.723. The number of rotatable bonds is 3. The summed E-state index contributed by atoms with van der Waals surface area (Å²) in [6.07, 6.45) is 4.28. The van der Waals surface area contributed by atoms with Crippen LogP contribution in [0.5, 0.6) is 0 Å². The van der Waals surface area contributed by atoms with Gasteiger partial charge in [0.05, 0.1) is 35.7 Å². The molecule has 6 nitrogen and oxygen atoms in total. The number of methoxy groups -OCH3 is 1. The lowest BCUT2D eigenvalue weighted by Crippen LogP contribution is -2.63. The van der Waals surface area contributed by atoms with Gasteiger partial charge in [-0.3, -0.25) is 9.69 Å². The number of hydrogen-bond donors (Lipinski definition) is 0. The maximum atomic E-state index is 13.3. The van der Waals surface area contributed by atoms with Gasteiger partial charge in [-0.2, -0.15) is 0 Å². The summed E-state index contributed by atoms with van der Waals surface area (Å²) in [5, 5.41) is 0.945. The van der Waals surface area contributed by atoms with Gasteiger partial charge in [-0.05, 0) is 56.5 Å². The molecule has 8 heteroatoms. The highest BCUT2D eigenvalue weighted by Crippen LogP contribution is 2.33. The van der Waals surface area contributed by atoms with Gasteiger partial charge < -0.3 is 14.5 Å². The fourth-order valence-electron chi connectivity index (χ4n) is 5.09. The van der Waals surface area contributed by atoms with E-state index in [1.54, 1.807) is 12.1 Å². The van der Waals surface area contributed by atoms with E-state index in [4.69, 9.17) is 27.9 Å². The summed E-state index contributed by atoms with van der Waals surface area (Å²) in [6.45, 7) is 3.23. The highest BCUT2D eigenvalue weighted by atomic mass is 35.5. The normalized spacial score (nSPS) is 27.2. The lowest BCUT2D eigenvalue weighted by atomic mass is 10.0. The Morgan fingerprint density at radius 1 is 1.03 bits per heavy atom. The molecule has 2 bridgehead atoms. The Morgan fingerprint density at radius 2 is 1.79 bits per heavy atom. The highest BCUT2D eigenvalue weighted by Gasteiger charge is 2.47. The molecule has 4 aliphatic heterocycles. The molecule has 0 saturated carbocycles. The molecule has 2 amide bonds. The summed E-state index contributed by atoms with van der Waals surface area (Å²) in [6, 6.07) is 5.62. The second-order valence-corrected chi connectivity index (χ2v) is 9.02. The van der Waals surface area contributed by atoms with Crippen LogP contribution >= 0.6 is 23.2 Å². The van der Waals surface area contributed by atoms with E-state index >= 15 is 0 Å². The van der Waals surface area contributed by atoms with Crippen molar-refractivity contribution in [2.24, 2.45) is 0 Å². The van der Waals surface area contributed by atoms with Crippen LogP contribution in [-0.4, -0.2) is 78.1 Å². The molecular formula is C21H27Cl2N3O3. The third-order valence-electron chi connectivity index (χ3n) is 6.55. The van der Waals surface area contributed by atoms with E-state index in [1.807, 2.05) is 15.9 Å². The number of hydrogen-bond acceptors (Lipinski definition) is 4. The van der Waals surface area contributed by atoms with E-state index in [9.17, 15) is 9.59 Å². The number of benzene rings is 1. The van der Waals surface area contributed by atoms with Gasteiger partial charge >= 0.3 is 6.09 Å². The Morgan fingerprint density at radius 3 is 2.48 bits per heavy atom. The first kappa shape index (κ1) is 20.8. The molecule has 0 radical (unpaired) electrons. The predicted molar refractivity (Wildman–Crippen MR) is 112 cm³/mol. The first-order valence-corrected chi connectivity index (χ1v) is 11.1. The van der Waals surface area contributed by atoms with Gasteiger partial charge in [0.2, 0.25) is 5.91 Å². The number of piperazine rings is 1. The van der Waals surface area contributed by atoms with E-state index < -0.39 is 0 Å². The number of likely N-dealkylation sites (tertiary alicyclic amines) is 1. The first-order chi connectivity index (χ1) is 14.0. The van der Waals surface area contributed by atoms with Gasteiger partial charge in [0.25, 0.3) is 0 Å². The van der Waals surface area contributed by atoms with E-state index in [2.05, 4.69) is 4.90 Å². The van der Waals surface area contributed by atoms with Crippen LogP contribution in [0.2, 0.25) is 10.0 Å². The lowest BCUT2D eigenvalue weighted by Gasteiger charge is -2.46. The fourth-order valence-corrected chi connectivity index (χ4v) is 5.42. The molecule has 3 atom stereocenters. The number of fused-ring (bicyclic) bond motifs is 4. The van der Waals surface area contributed by atoms with Crippen LogP contribution in [0.4, 0.5) is 4.79 Å². The topological polar surface area (TPSA) is 53.1 Å². The minimum atomic E-state index is -0.293. The van der Waals surface area contributed by atoms with Gasteiger partial charge in [-0.1, -0.05) is 29.3 Å². The third-order valence-corrected chi connectivity index (χ3v) is 7.29. The molecule has 5 rings (SSSR count). The Kier molecular flexibility index (Phi) is 6.23. The molecule has 0 N–H and O–H groups in total. The summed E-state index contributed by atoms with van der Waals surface area (Å²) >= 11 is 12.1. The van der Waals surface area contributed by atoms with Crippen molar-refractivity contribution in [1.82, 2.24) is 14.7 Å². The molecule has 29 heavy (non-hydrogen) atoms. The van der Waals surface area contributed by atoms with Crippen molar-refractivity contribution in [1.29, 1.82) is 0 Å². The second-order valence-electron chi connectivity index (χ2n) is 8.20. The van der Waals surface area contributed by atoms with Crippen molar-refractivity contribution < 1.29 is 14.3 Å². The molecule has 4 heterocycles. The molecule has 0 spiro atoms. The molecule has 1 aromatic carbocycles. The standard InChI is InChI=1S/C21H27Cl2N3O3/c1-29-21(28)25-13-19-18(24-8-2-3-9-24)7-5-15(25)12-26(19)20(27)11-14-4-6-16(22)17(23)10-14/h4,6,10,15,18-19H,2-3,5,7-9,11-13H2,1H3/t15-,18+,19+/m0/s1. The Labute approximate surface area is 181 Å². The zero-order valence-electron chi connectivity index (χ0n) is 16.7. The number of carbonyl (C=O) groups excluding carboxylic acids is 2. The molecule has 4 aliphatic rings. The third kappa shape index (κ3) is 4.21. The van der Waals surface area contributed by atoms with Crippen LogP contribution in [0, 0.1) is 0 Å². The predicted octanol–water partition coefficient (Wildman–Crippen LogP) is 3.44. The zero-order valence-corrected chi connectivity index (χ0v) is 18.2. The van der Waals surface area contributed by atoms with Crippen LogP contribution in [0.3, 0.4) is 0 Å². The van der Waals surface area contributed by atoms with E-state index in [1.165, 1.54) is 20.0 Å². The first-order valence-electron chi connectivity index (χ1n) is 10.3. The van der Waals surface area contributed by atoms with Crippen LogP contribution < -0.4 is 0 Å². The van der Waals surface area contributed by atoms with Crippen molar-refractivity contribution in [2.45, 2.75) is 50.2 Å². The fraction of sp³-hybridized carbons (Fsp3) is 0.619. The van der Waals surface area contributed by atoms with E-state index in [-0.39, 0.29) is 36.5 Å². The molecule has 0 aliphatic carbocycles. The van der Waals surface area contributed by atoms with E-state index in [0.29, 0.717) is 23.1 Å². The number of amides is 2. The van der Waals surface area contributed by atoms with Crippen molar-refractivity contribution in [2.75, 3.05) is 33.3 Å². The highest BCUT2D eigenvalue weighted by molar-refractivity contribution is 6.42. The van der Waals surface area contributed by atoms with Gasteiger partial charge in [0.15, 0.2) is 0 Å². The Hall–Kier alpha value is -1.50. The van der Waals surface area contributed by atoms with Crippen LogP contribution in [0.1, 0.15) is 31.2 Å². The molecule has 0 unspecified atom stereocenters. The zero-order chi connectivity index (χ0) is 20.5. The maximum absolute atomic E-state index is 13.3. The molecule has 1 aromatic rings. The number of nitrogens with zero attached hydrogens (tertiary/aromatic N) is 3. The molecule has 0 aromatic heterocycles. The Balaban J connectivity index is 1.57. The summed E-state index contributed by atoms with van der Waals surface area (Å²) < 4.78 is 5.02. The van der Waals surface area contributed by atoms with Gasteiger partial charge in [0, 0.05) is 19.1 Å². The molecular weight excluding hydrogens is 413 g/mol. The summed E-state index contributed by atoms with van der Waals surface area (Å²) in [7, 11) is 1.42. The smallest absolute Gasteiger partial charge is 0.409 e. The minimum absolute atomic E-state index is 0.00376. The van der Waals surface area contributed by atoms with E-state index in [0.717, 1.165) is 31.5 Å². The molecule has 158 valence electrons. The van der Waals surface area contributed by atoms with Crippen molar-refractivity contribution in [3.63, 3.8) is 0 Å². The molecule has 4 fully saturated rings. The Bertz CT molecular complexity index is 784. The van der Waals surface area contributed by atoms with Crippen LogP contribution in [0.15, 0.2) is 18.2 Å². The minimum Gasteiger partial charge on any atom is -0.453 e. The molecule has 4 saturated heterocycles. The van der Waals surface area contributed by atoms with Crippen LogP contribution in [-0.2, 0) is 16.0 Å². The number of halogens is 2. The summed E-state index contributed by atoms with van der Waals surface area (Å²) in [5.74, 6) is 0.0778. The SMILES string of the molecule is COC(=O)N1C[C@@H]2[C@H](N3CCCC3)CC[C@H]1CN2C(=O)Cc1ccc(Cl)c(Cl)c1. The van der Waals surface area contributed by atoms with Crippen LogP contribution in [0.25, 0.3) is 0 Å². The summed E-state index contributed by atoms with van der Waals surface area (Å²) in [5.41, 5.74) is 0.854. The van der Waals surface area contributed by atoms with Crippen molar-refractivity contribution >= 4 is 35.2 Å². The number of ether oxygens (including phenoxy) is 1.